The van der Waals surface area contributed by atoms with E-state index in [0.29, 0.717) is 30.4 Å². The quantitative estimate of drug-likeness (QED) is 0.144. The number of esters is 1. The highest BCUT2D eigenvalue weighted by Gasteiger charge is 2.22. The van der Waals surface area contributed by atoms with Gasteiger partial charge in [-0.3, -0.25) is 0 Å². The van der Waals surface area contributed by atoms with Gasteiger partial charge in [0.1, 0.15) is 11.5 Å². The summed E-state index contributed by atoms with van der Waals surface area (Å²) in [6.07, 6.45) is 17.2. The largest absolute Gasteiger partial charge is 0.494 e. The van der Waals surface area contributed by atoms with Crippen molar-refractivity contribution >= 4 is 5.97 Å². The highest BCUT2D eigenvalue weighted by Crippen LogP contribution is 2.38. The first-order valence-electron chi connectivity index (χ1n) is 14.4. The predicted molar refractivity (Wildman–Crippen MR) is 147 cm³/mol. The summed E-state index contributed by atoms with van der Waals surface area (Å²) in [5.41, 5.74) is 1.89. The van der Waals surface area contributed by atoms with Crippen molar-refractivity contribution in [1.82, 2.24) is 0 Å². The molecule has 1 aliphatic carbocycles. The van der Waals surface area contributed by atoms with Crippen molar-refractivity contribution in [3.05, 3.63) is 59.7 Å². The van der Waals surface area contributed by atoms with Gasteiger partial charge in [0.2, 0.25) is 0 Å². The highest BCUT2D eigenvalue weighted by molar-refractivity contribution is 5.91. The molecule has 0 radical (unpaired) electrons. The number of rotatable bonds is 16. The fourth-order valence-corrected chi connectivity index (χ4v) is 5.24. The molecule has 0 spiro atoms. The number of carbonyl (C=O) groups excluding carboxylic acids is 1. The maximum atomic E-state index is 12.6. The van der Waals surface area contributed by atoms with Gasteiger partial charge in [0, 0.05) is 6.61 Å². The maximum absolute atomic E-state index is 12.6. The highest BCUT2D eigenvalue weighted by atomic mass is 16.5. The molecule has 0 saturated heterocycles. The van der Waals surface area contributed by atoms with E-state index in [1.165, 1.54) is 69.8 Å². The van der Waals surface area contributed by atoms with Crippen LogP contribution in [0.5, 0.6) is 11.5 Å². The molecular formula is C32H46O4. The van der Waals surface area contributed by atoms with Crippen molar-refractivity contribution in [2.75, 3.05) is 13.2 Å². The smallest absolute Gasteiger partial charge is 0.343 e. The lowest BCUT2D eigenvalue weighted by molar-refractivity contribution is 0.0734. The van der Waals surface area contributed by atoms with Crippen LogP contribution in [0.1, 0.15) is 119 Å². The first-order chi connectivity index (χ1) is 17.7. The van der Waals surface area contributed by atoms with Gasteiger partial charge in [-0.1, -0.05) is 70.4 Å². The summed E-state index contributed by atoms with van der Waals surface area (Å²) in [6, 6.07) is 15.3. The summed E-state index contributed by atoms with van der Waals surface area (Å²) in [7, 11) is 0. The molecule has 3 rings (SSSR count). The van der Waals surface area contributed by atoms with Gasteiger partial charge in [-0.15, -0.1) is 0 Å². The minimum atomic E-state index is -0.343. The van der Waals surface area contributed by atoms with E-state index >= 15 is 0 Å². The molecule has 0 heterocycles. The average Bonchev–Trinajstić information content (AvgIpc) is 2.91. The summed E-state index contributed by atoms with van der Waals surface area (Å²) in [5, 5.41) is 8.80. The molecule has 0 aromatic heterocycles. The van der Waals surface area contributed by atoms with Crippen molar-refractivity contribution in [2.24, 2.45) is 5.92 Å². The molecule has 1 saturated carbocycles. The Bertz CT molecular complexity index is 851. The minimum Gasteiger partial charge on any atom is -0.494 e. The fourth-order valence-electron chi connectivity index (χ4n) is 5.24. The summed E-state index contributed by atoms with van der Waals surface area (Å²) in [5.74, 6) is 2.57. The van der Waals surface area contributed by atoms with Crippen molar-refractivity contribution < 1.29 is 19.4 Å². The summed E-state index contributed by atoms with van der Waals surface area (Å²) in [4.78, 5) is 12.6. The van der Waals surface area contributed by atoms with Crippen molar-refractivity contribution in [3.63, 3.8) is 0 Å². The van der Waals surface area contributed by atoms with Gasteiger partial charge in [0.05, 0.1) is 12.2 Å². The lowest BCUT2D eigenvalue weighted by Gasteiger charge is -2.29. The SMILES string of the molecule is CCCCC[C@H]1CC[C@H](c2ccc(OC(=O)c3ccc(OCCCCCCCCO)cc3)cc2)CC1. The van der Waals surface area contributed by atoms with E-state index in [9.17, 15) is 4.79 Å². The molecule has 2 aromatic rings. The summed E-state index contributed by atoms with van der Waals surface area (Å²) >= 11 is 0. The number of benzene rings is 2. The van der Waals surface area contributed by atoms with Gasteiger partial charge in [-0.05, 0) is 92.3 Å². The lowest BCUT2D eigenvalue weighted by Crippen LogP contribution is -2.13. The Morgan fingerprint density at radius 3 is 2.08 bits per heavy atom. The normalized spacial score (nSPS) is 17.6. The molecule has 1 aliphatic rings. The van der Waals surface area contributed by atoms with Gasteiger partial charge >= 0.3 is 5.97 Å². The molecule has 0 atom stereocenters. The second-order valence-corrected chi connectivity index (χ2v) is 10.4. The first kappa shape index (κ1) is 28.2. The minimum absolute atomic E-state index is 0.291. The zero-order chi connectivity index (χ0) is 25.4. The van der Waals surface area contributed by atoms with Crippen LogP contribution in [0, 0.1) is 5.92 Å². The molecule has 198 valence electrons. The van der Waals surface area contributed by atoms with E-state index in [4.69, 9.17) is 14.6 Å². The van der Waals surface area contributed by atoms with Crippen LogP contribution in [0.2, 0.25) is 0 Å². The van der Waals surface area contributed by atoms with Gasteiger partial charge in [0.15, 0.2) is 0 Å². The van der Waals surface area contributed by atoms with Crippen molar-refractivity contribution in [1.29, 1.82) is 0 Å². The number of carbonyl (C=O) groups is 1. The lowest BCUT2D eigenvalue weighted by atomic mass is 9.77. The molecule has 1 fully saturated rings. The topological polar surface area (TPSA) is 55.8 Å². The van der Waals surface area contributed by atoms with Crippen LogP contribution in [-0.2, 0) is 0 Å². The van der Waals surface area contributed by atoms with Crippen LogP contribution in [0.4, 0.5) is 0 Å². The maximum Gasteiger partial charge on any atom is 0.343 e. The van der Waals surface area contributed by atoms with Gasteiger partial charge in [0.25, 0.3) is 0 Å². The second-order valence-electron chi connectivity index (χ2n) is 10.4. The molecule has 2 aromatic carbocycles. The predicted octanol–water partition coefficient (Wildman–Crippen LogP) is 8.47. The monoisotopic (exact) mass is 494 g/mol. The van der Waals surface area contributed by atoms with Gasteiger partial charge < -0.3 is 14.6 Å². The van der Waals surface area contributed by atoms with E-state index in [0.717, 1.165) is 37.4 Å². The van der Waals surface area contributed by atoms with Crippen LogP contribution in [0.25, 0.3) is 0 Å². The number of aliphatic hydroxyl groups excluding tert-OH is 1. The van der Waals surface area contributed by atoms with E-state index in [1.807, 2.05) is 24.3 Å². The van der Waals surface area contributed by atoms with Crippen molar-refractivity contribution in [3.8, 4) is 11.5 Å². The third kappa shape index (κ3) is 9.97. The Morgan fingerprint density at radius 2 is 1.42 bits per heavy atom. The third-order valence-corrected chi connectivity index (χ3v) is 7.54. The van der Waals surface area contributed by atoms with E-state index < -0.39 is 0 Å². The number of hydrogen-bond acceptors (Lipinski definition) is 4. The Hall–Kier alpha value is -2.33. The number of aliphatic hydroxyl groups is 1. The standard InChI is InChI=1S/C32H46O4/c1-2-3-8-11-26-12-14-27(15-13-26)28-16-22-31(23-17-28)36-32(34)29-18-20-30(21-19-29)35-25-10-7-5-4-6-9-24-33/h16-23,26-27,33H,2-15,24-25H2,1H3/t26-,27-. The summed E-state index contributed by atoms with van der Waals surface area (Å²) < 4.78 is 11.4. The number of hydrogen-bond donors (Lipinski definition) is 1. The molecular weight excluding hydrogens is 448 g/mol. The molecule has 4 heteroatoms. The fraction of sp³-hybridized carbons (Fsp3) is 0.594. The first-order valence-corrected chi connectivity index (χ1v) is 14.4. The van der Waals surface area contributed by atoms with Gasteiger partial charge in [-0.25, -0.2) is 4.79 Å². The van der Waals surface area contributed by atoms with Crippen LogP contribution in [0.15, 0.2) is 48.5 Å². The van der Waals surface area contributed by atoms with Crippen molar-refractivity contribution in [2.45, 2.75) is 103 Å². The molecule has 0 aliphatic heterocycles. The Balaban J connectivity index is 1.36. The molecule has 1 N–H and O–H groups in total. The van der Waals surface area contributed by atoms with E-state index in [1.54, 1.807) is 12.1 Å². The number of ether oxygens (including phenoxy) is 2. The van der Waals surface area contributed by atoms with Crippen LogP contribution < -0.4 is 9.47 Å². The molecule has 0 amide bonds. The van der Waals surface area contributed by atoms with E-state index in [-0.39, 0.29) is 5.97 Å². The van der Waals surface area contributed by atoms with E-state index in [2.05, 4.69) is 19.1 Å². The Morgan fingerprint density at radius 1 is 0.778 bits per heavy atom. The van der Waals surface area contributed by atoms with Crippen LogP contribution in [0.3, 0.4) is 0 Å². The molecule has 36 heavy (non-hydrogen) atoms. The van der Waals surface area contributed by atoms with Crippen LogP contribution >= 0.6 is 0 Å². The Labute approximate surface area is 218 Å². The average molecular weight is 495 g/mol. The van der Waals surface area contributed by atoms with Gasteiger partial charge in [-0.2, -0.15) is 0 Å². The molecule has 4 nitrogen and oxygen atoms in total. The number of unbranched alkanes of at least 4 members (excludes halogenated alkanes) is 7. The Kier molecular flexibility index (Phi) is 12.9. The zero-order valence-corrected chi connectivity index (χ0v) is 22.3. The summed E-state index contributed by atoms with van der Waals surface area (Å²) in [6.45, 7) is 3.24. The third-order valence-electron chi connectivity index (χ3n) is 7.54. The molecule has 0 unspecified atom stereocenters. The molecule has 0 bridgehead atoms. The second kappa shape index (κ2) is 16.4. The van der Waals surface area contributed by atoms with Crippen LogP contribution in [-0.4, -0.2) is 24.3 Å². The zero-order valence-electron chi connectivity index (χ0n) is 22.3.